The number of carbonyl (C=O) groups excluding carboxylic acids is 1. The lowest BCUT2D eigenvalue weighted by Gasteiger charge is -2.11. The second kappa shape index (κ2) is 5.62. The van der Waals surface area contributed by atoms with Crippen molar-refractivity contribution in [3.63, 3.8) is 0 Å². The molecule has 0 N–H and O–H groups in total. The number of carbonyl (C=O) groups is 1. The summed E-state index contributed by atoms with van der Waals surface area (Å²) in [7, 11) is 0. The van der Waals surface area contributed by atoms with Gasteiger partial charge in [0.1, 0.15) is 0 Å². The Morgan fingerprint density at radius 1 is 0.778 bits per heavy atom. The molecule has 0 bridgehead atoms. The van der Waals surface area contributed by atoms with Gasteiger partial charge in [0.2, 0.25) is 0 Å². The molecular weight excluding hydrogens is 330 g/mol. The SMILES string of the molecule is [2H]C([2H])([2H])c1cc(C)cc(-c2nccc3c4c(ccc23)C(=O)c2ccc(C([2H])([2H])[2H])cc2-4)c1. The number of ketones is 1. The number of pyridine rings is 1. The molecular formula is C25H19NO. The molecule has 5 rings (SSSR count). The zero-order chi connectivity index (χ0) is 23.7. The normalized spacial score (nSPS) is 16.6. The predicted octanol–water partition coefficient (Wildman–Crippen LogP) is 6.04. The fourth-order valence-corrected chi connectivity index (χ4v) is 3.98. The van der Waals surface area contributed by atoms with E-state index in [1.54, 1.807) is 36.5 Å². The van der Waals surface area contributed by atoms with Crippen molar-refractivity contribution >= 4 is 16.6 Å². The van der Waals surface area contributed by atoms with Crippen molar-refractivity contribution in [2.45, 2.75) is 20.6 Å². The molecule has 2 heteroatoms. The molecule has 0 saturated heterocycles. The lowest BCUT2D eigenvalue weighted by Crippen LogP contribution is -1.95. The molecule has 0 saturated carbocycles. The molecule has 0 aliphatic heterocycles. The molecule has 0 fully saturated rings. The smallest absolute Gasteiger partial charge is 0.194 e. The number of nitrogens with zero attached hydrogens (tertiary/aromatic N) is 1. The number of aryl methyl sites for hydroxylation is 3. The molecule has 0 spiro atoms. The van der Waals surface area contributed by atoms with Gasteiger partial charge >= 0.3 is 0 Å². The van der Waals surface area contributed by atoms with Crippen LogP contribution < -0.4 is 0 Å². The number of aromatic nitrogens is 1. The first-order chi connectivity index (χ1) is 15.4. The van der Waals surface area contributed by atoms with Crippen molar-refractivity contribution in [3.8, 4) is 22.4 Å². The molecule has 1 aromatic heterocycles. The van der Waals surface area contributed by atoms with Crippen LogP contribution in [0, 0.1) is 20.6 Å². The maximum Gasteiger partial charge on any atom is 0.194 e. The Bertz CT molecular complexity index is 1470. The van der Waals surface area contributed by atoms with Crippen LogP contribution in [0.4, 0.5) is 0 Å². The largest absolute Gasteiger partial charge is 0.289 e. The van der Waals surface area contributed by atoms with Gasteiger partial charge in [-0.25, -0.2) is 0 Å². The highest BCUT2D eigenvalue weighted by molar-refractivity contribution is 6.26. The van der Waals surface area contributed by atoms with Gasteiger partial charge in [0, 0.05) is 42.1 Å². The Morgan fingerprint density at radius 3 is 2.44 bits per heavy atom. The summed E-state index contributed by atoms with van der Waals surface area (Å²) in [4.78, 5) is 17.6. The standard InChI is InChI=1S/C25H19NO/c1-14-4-5-20-22(13-14)23-18-8-9-26-24(17-11-15(2)10-16(3)12-17)19(18)6-7-21(23)25(20)27/h4-13H,1-3H3/i1D3,2D3. The Labute approximate surface area is 166 Å². The van der Waals surface area contributed by atoms with Gasteiger partial charge in [-0.2, -0.15) is 0 Å². The van der Waals surface area contributed by atoms with E-state index in [1.807, 2.05) is 25.1 Å². The van der Waals surface area contributed by atoms with Gasteiger partial charge in [0.05, 0.1) is 5.69 Å². The predicted molar refractivity (Wildman–Crippen MR) is 110 cm³/mol. The molecule has 0 radical (unpaired) electrons. The average molecular weight is 355 g/mol. The zero-order valence-electron chi connectivity index (χ0n) is 20.6. The highest BCUT2D eigenvalue weighted by atomic mass is 16.1. The molecule has 4 aromatic rings. The molecule has 3 aromatic carbocycles. The summed E-state index contributed by atoms with van der Waals surface area (Å²) < 4.78 is 46.7. The van der Waals surface area contributed by atoms with Gasteiger partial charge in [-0.05, 0) is 55.8 Å². The van der Waals surface area contributed by atoms with E-state index < -0.39 is 13.7 Å². The Kier molecular flexibility index (Phi) is 2.24. The summed E-state index contributed by atoms with van der Waals surface area (Å²) in [5.74, 6) is -0.141. The highest BCUT2D eigenvalue weighted by Gasteiger charge is 2.28. The van der Waals surface area contributed by atoms with E-state index in [0.29, 0.717) is 33.5 Å². The summed E-state index contributed by atoms with van der Waals surface area (Å²) >= 11 is 0. The van der Waals surface area contributed by atoms with Crippen molar-refractivity contribution in [2.75, 3.05) is 0 Å². The second-order valence-electron chi connectivity index (χ2n) is 6.92. The van der Waals surface area contributed by atoms with Gasteiger partial charge < -0.3 is 0 Å². The lowest BCUT2D eigenvalue weighted by atomic mass is 9.94. The van der Waals surface area contributed by atoms with Crippen LogP contribution in [0.3, 0.4) is 0 Å². The first kappa shape index (κ1) is 10.8. The first-order valence-electron chi connectivity index (χ1n) is 11.7. The monoisotopic (exact) mass is 355 g/mol. The van der Waals surface area contributed by atoms with Crippen molar-refractivity contribution < 1.29 is 13.0 Å². The molecule has 0 amide bonds. The van der Waals surface area contributed by atoms with Crippen LogP contribution >= 0.6 is 0 Å². The minimum Gasteiger partial charge on any atom is -0.289 e. The fraction of sp³-hybridized carbons (Fsp3) is 0.120. The van der Waals surface area contributed by atoms with Crippen molar-refractivity contribution in [1.29, 1.82) is 0 Å². The van der Waals surface area contributed by atoms with E-state index >= 15 is 0 Å². The van der Waals surface area contributed by atoms with Crippen molar-refractivity contribution in [1.82, 2.24) is 4.98 Å². The van der Waals surface area contributed by atoms with Crippen LogP contribution in [-0.2, 0) is 0 Å². The molecule has 1 heterocycles. The Hall–Kier alpha value is -3.26. The Morgan fingerprint density at radius 2 is 1.59 bits per heavy atom. The zero-order valence-corrected chi connectivity index (χ0v) is 14.6. The molecule has 0 atom stereocenters. The number of rotatable bonds is 1. The van der Waals surface area contributed by atoms with Crippen LogP contribution in [-0.4, -0.2) is 10.8 Å². The molecule has 27 heavy (non-hydrogen) atoms. The van der Waals surface area contributed by atoms with E-state index in [0.717, 1.165) is 16.3 Å². The number of hydrogen-bond acceptors (Lipinski definition) is 2. The van der Waals surface area contributed by atoms with Gasteiger partial charge in [0.25, 0.3) is 0 Å². The maximum atomic E-state index is 13.0. The van der Waals surface area contributed by atoms with Crippen LogP contribution in [0.15, 0.2) is 60.8 Å². The highest BCUT2D eigenvalue weighted by Crippen LogP contribution is 2.43. The lowest BCUT2D eigenvalue weighted by molar-refractivity contribution is 0.104. The third-order valence-corrected chi connectivity index (χ3v) is 5.07. The summed E-state index contributed by atoms with van der Waals surface area (Å²) in [6, 6.07) is 15.2. The average Bonchev–Trinajstić information content (AvgIpc) is 3.03. The van der Waals surface area contributed by atoms with Gasteiger partial charge in [0.15, 0.2) is 5.78 Å². The van der Waals surface area contributed by atoms with Crippen LogP contribution in [0.2, 0.25) is 0 Å². The number of hydrogen-bond donors (Lipinski definition) is 0. The van der Waals surface area contributed by atoms with E-state index in [2.05, 4.69) is 4.98 Å². The minimum atomic E-state index is -2.29. The van der Waals surface area contributed by atoms with Crippen molar-refractivity contribution in [2.24, 2.45) is 0 Å². The van der Waals surface area contributed by atoms with Gasteiger partial charge in [-0.3, -0.25) is 9.78 Å². The Balaban J connectivity index is 1.79. The summed E-state index contributed by atoms with van der Waals surface area (Å²) in [5.41, 5.74) is 4.78. The molecule has 0 unspecified atom stereocenters. The topological polar surface area (TPSA) is 30.0 Å². The summed E-state index contributed by atoms with van der Waals surface area (Å²) in [5, 5.41) is 1.53. The minimum absolute atomic E-state index is 0.141. The van der Waals surface area contributed by atoms with Gasteiger partial charge in [-0.15, -0.1) is 0 Å². The maximum absolute atomic E-state index is 13.0. The third-order valence-electron chi connectivity index (χ3n) is 5.07. The quantitative estimate of drug-likeness (QED) is 0.367. The first-order valence-corrected chi connectivity index (χ1v) is 8.69. The fourth-order valence-electron chi connectivity index (χ4n) is 3.98. The van der Waals surface area contributed by atoms with E-state index in [-0.39, 0.29) is 16.9 Å². The van der Waals surface area contributed by atoms with E-state index in [4.69, 9.17) is 8.22 Å². The second-order valence-corrected chi connectivity index (χ2v) is 6.92. The van der Waals surface area contributed by atoms with E-state index in [9.17, 15) is 4.79 Å². The number of fused-ring (bicyclic) bond motifs is 5. The molecule has 2 nitrogen and oxygen atoms in total. The van der Waals surface area contributed by atoms with Crippen molar-refractivity contribution in [3.05, 3.63) is 88.6 Å². The summed E-state index contributed by atoms with van der Waals surface area (Å²) in [6.07, 6.45) is 1.63. The van der Waals surface area contributed by atoms with Gasteiger partial charge in [-0.1, -0.05) is 47.0 Å². The van der Waals surface area contributed by atoms with Crippen LogP contribution in [0.25, 0.3) is 33.2 Å². The molecule has 130 valence electrons. The van der Waals surface area contributed by atoms with Crippen LogP contribution in [0.1, 0.15) is 40.8 Å². The van der Waals surface area contributed by atoms with Crippen LogP contribution in [0.5, 0.6) is 0 Å². The van der Waals surface area contributed by atoms with E-state index in [1.165, 1.54) is 6.07 Å². The third kappa shape index (κ3) is 2.33. The number of benzene rings is 3. The summed E-state index contributed by atoms with van der Waals surface area (Å²) in [6.45, 7) is -2.69. The molecule has 1 aliphatic carbocycles. The molecule has 1 aliphatic rings.